The van der Waals surface area contributed by atoms with E-state index >= 15 is 0 Å². The summed E-state index contributed by atoms with van der Waals surface area (Å²) in [6.07, 6.45) is 4.69. The largest absolute Gasteiger partial charge is 0.375 e. The van der Waals surface area contributed by atoms with E-state index in [1.165, 1.54) is 16.7 Å². The Morgan fingerprint density at radius 3 is 2.89 bits per heavy atom. The first-order valence-electron chi connectivity index (χ1n) is 6.68. The number of benzene rings is 1. The number of aromatic nitrogens is 1. The molecule has 0 unspecified atom stereocenters. The van der Waals surface area contributed by atoms with Crippen LogP contribution in [0.2, 0.25) is 0 Å². The fraction of sp³-hybridized carbons (Fsp3) is 0.312. The van der Waals surface area contributed by atoms with Gasteiger partial charge in [-0.15, -0.1) is 0 Å². The predicted molar refractivity (Wildman–Crippen MR) is 74.7 cm³/mol. The first kappa shape index (κ1) is 12.3. The maximum absolute atomic E-state index is 5.80. The predicted octanol–water partition coefficient (Wildman–Crippen LogP) is 2.31. The minimum atomic E-state index is 0.345. The Balaban J connectivity index is 1.67. The molecule has 0 saturated carbocycles. The van der Waals surface area contributed by atoms with Crippen LogP contribution in [0.4, 0.5) is 0 Å². The van der Waals surface area contributed by atoms with Crippen LogP contribution in [0.3, 0.4) is 0 Å². The molecule has 0 amide bonds. The molecule has 19 heavy (non-hydrogen) atoms. The van der Waals surface area contributed by atoms with E-state index in [4.69, 9.17) is 4.74 Å². The van der Waals surface area contributed by atoms with Gasteiger partial charge in [-0.3, -0.25) is 4.98 Å². The van der Waals surface area contributed by atoms with Gasteiger partial charge in [0.1, 0.15) is 0 Å². The molecule has 1 aromatic carbocycles. The molecule has 1 atom stereocenters. The molecule has 0 radical (unpaired) electrons. The van der Waals surface area contributed by atoms with Crippen LogP contribution in [0.25, 0.3) is 0 Å². The lowest BCUT2D eigenvalue weighted by molar-refractivity contribution is 0.0926. The number of ether oxygens (including phenoxy) is 1. The highest BCUT2D eigenvalue weighted by atomic mass is 16.5. The van der Waals surface area contributed by atoms with Crippen molar-refractivity contribution in [1.29, 1.82) is 0 Å². The first-order valence-corrected chi connectivity index (χ1v) is 6.68. The van der Waals surface area contributed by atoms with Crippen LogP contribution in [0.5, 0.6) is 0 Å². The van der Waals surface area contributed by atoms with Gasteiger partial charge in [-0.05, 0) is 29.2 Å². The molecule has 0 spiro atoms. The SMILES string of the molecule is c1cncc(C[C@@H]2COCc3ccccc3CN2)c1. The average Bonchev–Trinajstić information content (AvgIpc) is 2.44. The van der Waals surface area contributed by atoms with Gasteiger partial charge in [0.05, 0.1) is 13.2 Å². The van der Waals surface area contributed by atoms with Gasteiger partial charge in [-0.25, -0.2) is 0 Å². The molecule has 1 N–H and O–H groups in total. The van der Waals surface area contributed by atoms with Crippen molar-refractivity contribution in [1.82, 2.24) is 10.3 Å². The van der Waals surface area contributed by atoms with Crippen molar-refractivity contribution in [3.63, 3.8) is 0 Å². The zero-order valence-corrected chi connectivity index (χ0v) is 10.9. The van der Waals surface area contributed by atoms with Crippen molar-refractivity contribution >= 4 is 0 Å². The molecule has 3 nitrogen and oxygen atoms in total. The van der Waals surface area contributed by atoms with Gasteiger partial charge in [0.15, 0.2) is 0 Å². The summed E-state index contributed by atoms with van der Waals surface area (Å²) >= 11 is 0. The maximum Gasteiger partial charge on any atom is 0.0720 e. The van der Waals surface area contributed by atoms with Crippen molar-refractivity contribution in [2.45, 2.75) is 25.6 Å². The van der Waals surface area contributed by atoms with Crippen molar-refractivity contribution < 1.29 is 4.74 Å². The fourth-order valence-electron chi connectivity index (χ4n) is 2.43. The van der Waals surface area contributed by atoms with Crippen LogP contribution in [0.15, 0.2) is 48.8 Å². The lowest BCUT2D eigenvalue weighted by Gasteiger charge is -2.23. The lowest BCUT2D eigenvalue weighted by atomic mass is 10.0. The number of fused-ring (bicyclic) bond motifs is 1. The molecule has 1 aliphatic heterocycles. The second-order valence-corrected chi connectivity index (χ2v) is 4.93. The van der Waals surface area contributed by atoms with Crippen LogP contribution in [-0.2, 0) is 24.3 Å². The molecule has 3 rings (SSSR count). The Morgan fingerprint density at radius 2 is 2.05 bits per heavy atom. The number of rotatable bonds is 2. The zero-order valence-electron chi connectivity index (χ0n) is 10.9. The van der Waals surface area contributed by atoms with Gasteiger partial charge in [0, 0.05) is 25.0 Å². The Morgan fingerprint density at radius 1 is 1.16 bits per heavy atom. The summed E-state index contributed by atoms with van der Waals surface area (Å²) in [5.41, 5.74) is 3.87. The van der Waals surface area contributed by atoms with Crippen LogP contribution < -0.4 is 5.32 Å². The molecular weight excluding hydrogens is 236 g/mol. The summed E-state index contributed by atoms with van der Waals surface area (Å²) in [5.74, 6) is 0. The van der Waals surface area contributed by atoms with E-state index < -0.39 is 0 Å². The standard InChI is InChI=1S/C16H18N2O/c1-2-6-15-11-19-12-16(18-10-14(15)5-1)8-13-4-3-7-17-9-13/h1-7,9,16,18H,8,10-12H2/t16-/m1/s1. The lowest BCUT2D eigenvalue weighted by Crippen LogP contribution is -2.36. The van der Waals surface area contributed by atoms with E-state index in [0.29, 0.717) is 12.6 Å². The van der Waals surface area contributed by atoms with Gasteiger partial charge in [-0.2, -0.15) is 0 Å². The second kappa shape index (κ2) is 5.95. The Labute approximate surface area is 113 Å². The maximum atomic E-state index is 5.80. The van der Waals surface area contributed by atoms with Crippen LogP contribution >= 0.6 is 0 Å². The van der Waals surface area contributed by atoms with E-state index in [-0.39, 0.29) is 0 Å². The van der Waals surface area contributed by atoms with Crippen molar-refractivity contribution in [3.05, 3.63) is 65.5 Å². The molecule has 2 aromatic rings. The average molecular weight is 254 g/mol. The van der Waals surface area contributed by atoms with Gasteiger partial charge in [0.2, 0.25) is 0 Å². The van der Waals surface area contributed by atoms with E-state index in [1.54, 1.807) is 0 Å². The second-order valence-electron chi connectivity index (χ2n) is 4.93. The summed E-state index contributed by atoms with van der Waals surface area (Å²) < 4.78 is 5.80. The van der Waals surface area contributed by atoms with Gasteiger partial charge in [-0.1, -0.05) is 30.3 Å². The molecule has 3 heteroatoms. The molecule has 1 aliphatic rings. The molecule has 98 valence electrons. The Kier molecular flexibility index (Phi) is 3.86. The first-order chi connectivity index (χ1) is 9.42. The summed E-state index contributed by atoms with van der Waals surface area (Å²) in [7, 11) is 0. The van der Waals surface area contributed by atoms with E-state index in [9.17, 15) is 0 Å². The smallest absolute Gasteiger partial charge is 0.0720 e. The number of hydrogen-bond donors (Lipinski definition) is 1. The molecule has 0 bridgehead atoms. The summed E-state index contributed by atoms with van der Waals surface area (Å²) in [5, 5.41) is 3.57. The fourth-order valence-corrected chi connectivity index (χ4v) is 2.43. The minimum Gasteiger partial charge on any atom is -0.375 e. The van der Waals surface area contributed by atoms with Crippen LogP contribution in [0, 0.1) is 0 Å². The van der Waals surface area contributed by atoms with Crippen LogP contribution in [0.1, 0.15) is 16.7 Å². The monoisotopic (exact) mass is 254 g/mol. The van der Waals surface area contributed by atoms with Crippen molar-refractivity contribution in [2.75, 3.05) is 6.61 Å². The highest BCUT2D eigenvalue weighted by Gasteiger charge is 2.14. The summed E-state index contributed by atoms with van der Waals surface area (Å²) in [6.45, 7) is 2.36. The quantitative estimate of drug-likeness (QED) is 0.893. The molecule has 0 fully saturated rings. The van der Waals surface area contributed by atoms with Gasteiger partial charge >= 0.3 is 0 Å². The van der Waals surface area contributed by atoms with Gasteiger partial charge < -0.3 is 10.1 Å². The molecule has 2 heterocycles. The number of hydrogen-bond acceptors (Lipinski definition) is 3. The van der Waals surface area contributed by atoms with Crippen molar-refractivity contribution in [2.24, 2.45) is 0 Å². The highest BCUT2D eigenvalue weighted by Crippen LogP contribution is 2.14. The minimum absolute atomic E-state index is 0.345. The summed E-state index contributed by atoms with van der Waals surface area (Å²) in [4.78, 5) is 4.16. The summed E-state index contributed by atoms with van der Waals surface area (Å²) in [6, 6.07) is 12.9. The Bertz CT molecular complexity index is 527. The zero-order chi connectivity index (χ0) is 12.9. The van der Waals surface area contributed by atoms with Crippen molar-refractivity contribution in [3.8, 4) is 0 Å². The number of pyridine rings is 1. The van der Waals surface area contributed by atoms with Crippen LogP contribution in [-0.4, -0.2) is 17.6 Å². The van der Waals surface area contributed by atoms with E-state index in [1.807, 2.05) is 18.5 Å². The molecule has 1 aromatic heterocycles. The molecule has 0 saturated heterocycles. The van der Waals surface area contributed by atoms with E-state index in [2.05, 4.69) is 40.6 Å². The number of nitrogens with one attached hydrogen (secondary N) is 1. The molecule has 0 aliphatic carbocycles. The normalized spacial score (nSPS) is 19.3. The van der Waals surface area contributed by atoms with Gasteiger partial charge in [0.25, 0.3) is 0 Å². The Hall–Kier alpha value is -1.71. The third-order valence-electron chi connectivity index (χ3n) is 3.48. The topological polar surface area (TPSA) is 34.1 Å². The highest BCUT2D eigenvalue weighted by molar-refractivity contribution is 5.26. The third kappa shape index (κ3) is 3.19. The molecular formula is C16H18N2O. The van der Waals surface area contributed by atoms with E-state index in [0.717, 1.165) is 19.6 Å². The third-order valence-corrected chi connectivity index (χ3v) is 3.48. The number of nitrogens with zero attached hydrogens (tertiary/aromatic N) is 1.